The quantitative estimate of drug-likeness (QED) is 0.715. The van der Waals surface area contributed by atoms with E-state index in [9.17, 15) is 0 Å². The Hall–Kier alpha value is -2.14. The molecule has 0 bridgehead atoms. The van der Waals surface area contributed by atoms with Gasteiger partial charge in [-0.05, 0) is 37.5 Å². The highest BCUT2D eigenvalue weighted by atomic mass is 32.1. The lowest BCUT2D eigenvalue weighted by Crippen LogP contribution is -2.09. The third-order valence-electron chi connectivity index (χ3n) is 4.27. The van der Waals surface area contributed by atoms with Crippen LogP contribution in [0.15, 0.2) is 24.3 Å². The van der Waals surface area contributed by atoms with Crippen molar-refractivity contribution in [2.45, 2.75) is 33.6 Å². The van der Waals surface area contributed by atoms with Gasteiger partial charge in [-0.15, -0.1) is 11.3 Å². The summed E-state index contributed by atoms with van der Waals surface area (Å²) in [5, 5.41) is 4.68. The minimum atomic E-state index is 0.809. The van der Waals surface area contributed by atoms with Gasteiger partial charge in [0.1, 0.15) is 22.2 Å². The van der Waals surface area contributed by atoms with Crippen molar-refractivity contribution in [3.63, 3.8) is 0 Å². The van der Waals surface area contributed by atoms with Crippen molar-refractivity contribution in [1.82, 2.24) is 9.97 Å². The number of hydrogen-bond acceptors (Lipinski definition) is 5. The predicted molar refractivity (Wildman–Crippen MR) is 101 cm³/mol. The number of methoxy groups -OCH3 is 1. The fourth-order valence-electron chi connectivity index (χ4n) is 2.80. The molecule has 2 heterocycles. The van der Waals surface area contributed by atoms with Crippen molar-refractivity contribution >= 4 is 27.4 Å². The van der Waals surface area contributed by atoms with Gasteiger partial charge in [-0.25, -0.2) is 9.97 Å². The molecule has 0 aliphatic carbocycles. The molecule has 5 heteroatoms. The minimum Gasteiger partial charge on any atom is -0.496 e. The first kappa shape index (κ1) is 16.7. The van der Waals surface area contributed by atoms with Gasteiger partial charge in [0.25, 0.3) is 0 Å². The van der Waals surface area contributed by atoms with Crippen LogP contribution in [0.2, 0.25) is 0 Å². The van der Waals surface area contributed by atoms with Gasteiger partial charge in [0, 0.05) is 17.8 Å². The summed E-state index contributed by atoms with van der Waals surface area (Å²) in [6, 6.07) is 8.14. The van der Waals surface area contributed by atoms with Crippen LogP contribution in [-0.2, 0) is 12.8 Å². The van der Waals surface area contributed by atoms with E-state index in [1.54, 1.807) is 18.4 Å². The maximum absolute atomic E-state index is 5.43. The van der Waals surface area contributed by atoms with Gasteiger partial charge in [-0.3, -0.25) is 0 Å². The van der Waals surface area contributed by atoms with Crippen LogP contribution < -0.4 is 10.1 Å². The fourth-order valence-corrected chi connectivity index (χ4v) is 3.85. The molecule has 0 unspecified atom stereocenters. The van der Waals surface area contributed by atoms with E-state index in [1.807, 2.05) is 18.2 Å². The summed E-state index contributed by atoms with van der Waals surface area (Å²) in [6.45, 7) is 7.19. The van der Waals surface area contributed by atoms with Crippen LogP contribution in [0, 0.1) is 13.8 Å². The third-order valence-corrected chi connectivity index (χ3v) is 5.37. The first-order chi connectivity index (χ1) is 11.6. The van der Waals surface area contributed by atoms with E-state index in [4.69, 9.17) is 9.72 Å². The Morgan fingerprint density at radius 1 is 1.17 bits per heavy atom. The number of hydrogen-bond donors (Lipinski definition) is 1. The number of benzene rings is 1. The van der Waals surface area contributed by atoms with Gasteiger partial charge in [0.05, 0.1) is 12.5 Å². The lowest BCUT2D eigenvalue weighted by atomic mass is 10.1. The van der Waals surface area contributed by atoms with Crippen LogP contribution in [0.25, 0.3) is 10.2 Å². The maximum Gasteiger partial charge on any atom is 0.138 e. The van der Waals surface area contributed by atoms with Crippen molar-refractivity contribution in [3.8, 4) is 5.75 Å². The lowest BCUT2D eigenvalue weighted by molar-refractivity contribution is 0.410. The monoisotopic (exact) mass is 341 g/mol. The van der Waals surface area contributed by atoms with Gasteiger partial charge in [-0.1, -0.05) is 25.1 Å². The second-order valence-corrected chi connectivity index (χ2v) is 7.00. The number of aromatic nitrogens is 2. The van der Waals surface area contributed by atoms with Crippen molar-refractivity contribution in [3.05, 3.63) is 46.1 Å². The van der Waals surface area contributed by atoms with E-state index in [-0.39, 0.29) is 0 Å². The van der Waals surface area contributed by atoms with Crippen LogP contribution in [0.4, 0.5) is 5.82 Å². The number of anilines is 1. The van der Waals surface area contributed by atoms with E-state index >= 15 is 0 Å². The zero-order chi connectivity index (χ0) is 17.1. The van der Waals surface area contributed by atoms with E-state index in [0.717, 1.165) is 47.0 Å². The average molecular weight is 341 g/mol. The van der Waals surface area contributed by atoms with Crippen LogP contribution >= 0.6 is 11.3 Å². The maximum atomic E-state index is 5.43. The van der Waals surface area contributed by atoms with E-state index in [0.29, 0.717) is 0 Å². The Morgan fingerprint density at radius 2 is 1.96 bits per heavy atom. The molecule has 0 spiro atoms. The molecule has 3 rings (SSSR count). The standard InChI is InChI=1S/C19H23N3OS/c1-5-16-21-18(17-12(2)13(3)24-19(17)22-16)20-11-10-14-8-6-7-9-15(14)23-4/h6-9H,5,10-11H2,1-4H3,(H,20,21,22). The zero-order valence-electron chi connectivity index (χ0n) is 14.6. The van der Waals surface area contributed by atoms with Gasteiger partial charge in [0.15, 0.2) is 0 Å². The Balaban J connectivity index is 1.84. The van der Waals surface area contributed by atoms with Crippen LogP contribution in [-0.4, -0.2) is 23.6 Å². The van der Waals surface area contributed by atoms with Crippen molar-refractivity contribution in [2.24, 2.45) is 0 Å². The first-order valence-corrected chi connectivity index (χ1v) is 9.08. The van der Waals surface area contributed by atoms with Gasteiger partial charge in [0.2, 0.25) is 0 Å². The summed E-state index contributed by atoms with van der Waals surface area (Å²) in [7, 11) is 1.71. The zero-order valence-corrected chi connectivity index (χ0v) is 15.5. The molecule has 0 aliphatic rings. The topological polar surface area (TPSA) is 47.0 Å². The average Bonchev–Trinajstić information content (AvgIpc) is 2.89. The number of nitrogens with zero attached hydrogens (tertiary/aromatic N) is 2. The molecule has 0 saturated carbocycles. The van der Waals surface area contributed by atoms with Gasteiger partial charge < -0.3 is 10.1 Å². The number of ether oxygens (including phenoxy) is 1. The highest BCUT2D eigenvalue weighted by Crippen LogP contribution is 2.33. The fraction of sp³-hybridized carbons (Fsp3) is 0.368. The summed E-state index contributed by atoms with van der Waals surface area (Å²) in [5.41, 5.74) is 2.48. The molecule has 0 fully saturated rings. The van der Waals surface area contributed by atoms with E-state index < -0.39 is 0 Å². The molecular weight excluding hydrogens is 318 g/mol. The largest absolute Gasteiger partial charge is 0.496 e. The molecule has 1 aromatic carbocycles. The molecular formula is C19H23N3OS. The number of rotatable bonds is 6. The highest BCUT2D eigenvalue weighted by molar-refractivity contribution is 7.18. The van der Waals surface area contributed by atoms with Crippen LogP contribution in [0.3, 0.4) is 0 Å². The van der Waals surface area contributed by atoms with Gasteiger partial charge >= 0.3 is 0 Å². The minimum absolute atomic E-state index is 0.809. The molecule has 4 nitrogen and oxygen atoms in total. The normalized spacial score (nSPS) is 11.0. The summed E-state index contributed by atoms with van der Waals surface area (Å²) >= 11 is 1.75. The smallest absolute Gasteiger partial charge is 0.138 e. The molecule has 2 aromatic heterocycles. The molecule has 3 aromatic rings. The second-order valence-electron chi connectivity index (χ2n) is 5.79. The number of para-hydroxylation sites is 1. The van der Waals surface area contributed by atoms with E-state index in [1.165, 1.54) is 16.0 Å². The summed E-state index contributed by atoms with van der Waals surface area (Å²) in [6.07, 6.45) is 1.73. The Morgan fingerprint density at radius 3 is 2.71 bits per heavy atom. The van der Waals surface area contributed by atoms with E-state index in [2.05, 4.69) is 37.1 Å². The van der Waals surface area contributed by atoms with Crippen LogP contribution in [0.5, 0.6) is 5.75 Å². The van der Waals surface area contributed by atoms with Crippen molar-refractivity contribution < 1.29 is 4.74 Å². The number of aryl methyl sites for hydroxylation is 3. The number of fused-ring (bicyclic) bond motifs is 1. The molecule has 24 heavy (non-hydrogen) atoms. The number of thiophene rings is 1. The Kier molecular flexibility index (Phi) is 5.00. The molecule has 0 radical (unpaired) electrons. The third kappa shape index (κ3) is 3.22. The summed E-state index contributed by atoms with van der Waals surface area (Å²) in [5.74, 6) is 2.78. The summed E-state index contributed by atoms with van der Waals surface area (Å²) < 4.78 is 5.43. The molecule has 0 aliphatic heterocycles. The molecule has 0 saturated heterocycles. The lowest BCUT2D eigenvalue weighted by Gasteiger charge is -2.11. The molecule has 0 atom stereocenters. The predicted octanol–water partition coefficient (Wildman–Crippen LogP) is 4.53. The summed E-state index contributed by atoms with van der Waals surface area (Å²) in [4.78, 5) is 11.8. The Bertz CT molecular complexity index is 857. The molecule has 0 amide bonds. The second kappa shape index (κ2) is 7.18. The molecule has 1 N–H and O–H groups in total. The van der Waals surface area contributed by atoms with Crippen molar-refractivity contribution in [2.75, 3.05) is 19.0 Å². The highest BCUT2D eigenvalue weighted by Gasteiger charge is 2.14. The van der Waals surface area contributed by atoms with Crippen LogP contribution in [0.1, 0.15) is 28.8 Å². The number of nitrogens with one attached hydrogen (secondary N) is 1. The van der Waals surface area contributed by atoms with Gasteiger partial charge in [-0.2, -0.15) is 0 Å². The molecule has 126 valence electrons. The van der Waals surface area contributed by atoms with Crippen molar-refractivity contribution in [1.29, 1.82) is 0 Å². The Labute approximate surface area is 146 Å². The SMILES string of the molecule is CCc1nc(NCCc2ccccc2OC)c2c(C)c(C)sc2n1. The first-order valence-electron chi connectivity index (χ1n) is 8.26.